The monoisotopic (exact) mass is 379 g/mol. The molecule has 1 aromatic heterocycles. The van der Waals surface area contributed by atoms with Crippen molar-refractivity contribution in [1.82, 2.24) is 9.71 Å². The highest BCUT2D eigenvalue weighted by Crippen LogP contribution is 2.24. The van der Waals surface area contributed by atoms with Crippen molar-refractivity contribution in [3.05, 3.63) is 16.7 Å². The smallest absolute Gasteiger partial charge is 0.244 e. The fraction of sp³-hybridized carbons (Fsp3) is 0.615. The van der Waals surface area contributed by atoms with Gasteiger partial charge in [-0.05, 0) is 42.3 Å². The molecule has 21 heavy (non-hydrogen) atoms. The number of rotatable bonds is 8. The van der Waals surface area contributed by atoms with Gasteiger partial charge in [0.25, 0.3) is 0 Å². The third-order valence-corrected chi connectivity index (χ3v) is 4.71. The molecule has 0 saturated carbocycles. The summed E-state index contributed by atoms with van der Waals surface area (Å²) in [5, 5.41) is 3.03. The standard InChI is InChI=1S/C13H22BrN3O3S/c1-5-6-15-12-11(7-10(14)8-16-12)21(18,19)17-13(2,3)9-20-4/h7-8,17H,5-6,9H2,1-4H3,(H,15,16). The van der Waals surface area contributed by atoms with Crippen LogP contribution in [-0.4, -0.2) is 39.2 Å². The van der Waals surface area contributed by atoms with Gasteiger partial charge in [-0.15, -0.1) is 0 Å². The molecule has 1 heterocycles. The van der Waals surface area contributed by atoms with E-state index < -0.39 is 15.6 Å². The van der Waals surface area contributed by atoms with Gasteiger partial charge in [0.2, 0.25) is 10.0 Å². The van der Waals surface area contributed by atoms with E-state index in [0.717, 1.165) is 6.42 Å². The lowest BCUT2D eigenvalue weighted by molar-refractivity contribution is 0.141. The Hall–Kier alpha value is -0.700. The van der Waals surface area contributed by atoms with Crippen molar-refractivity contribution in [2.75, 3.05) is 25.6 Å². The van der Waals surface area contributed by atoms with Crippen LogP contribution in [0.5, 0.6) is 0 Å². The highest BCUT2D eigenvalue weighted by Gasteiger charge is 2.28. The van der Waals surface area contributed by atoms with Gasteiger partial charge in [-0.1, -0.05) is 6.92 Å². The maximum Gasteiger partial charge on any atom is 0.244 e. The Labute approximate surface area is 134 Å². The zero-order valence-electron chi connectivity index (χ0n) is 12.7. The van der Waals surface area contributed by atoms with Crippen LogP contribution < -0.4 is 10.0 Å². The first-order valence-corrected chi connectivity index (χ1v) is 8.92. The van der Waals surface area contributed by atoms with Gasteiger partial charge >= 0.3 is 0 Å². The summed E-state index contributed by atoms with van der Waals surface area (Å²) in [5.41, 5.74) is -0.710. The van der Waals surface area contributed by atoms with Crippen LogP contribution in [0.3, 0.4) is 0 Å². The van der Waals surface area contributed by atoms with Gasteiger partial charge in [0.05, 0.1) is 12.1 Å². The molecule has 0 aromatic carbocycles. The van der Waals surface area contributed by atoms with E-state index in [0.29, 0.717) is 16.8 Å². The molecule has 8 heteroatoms. The van der Waals surface area contributed by atoms with Gasteiger partial charge in [0, 0.05) is 24.3 Å². The van der Waals surface area contributed by atoms with Crippen molar-refractivity contribution in [3.63, 3.8) is 0 Å². The highest BCUT2D eigenvalue weighted by atomic mass is 79.9. The fourth-order valence-corrected chi connectivity index (χ4v) is 3.85. The molecule has 0 aliphatic carbocycles. The predicted octanol–water partition coefficient (Wildman–Crippen LogP) is 2.37. The molecule has 1 rings (SSSR count). The zero-order chi connectivity index (χ0) is 16.1. The van der Waals surface area contributed by atoms with E-state index in [2.05, 4.69) is 31.0 Å². The van der Waals surface area contributed by atoms with Crippen LogP contribution in [0.15, 0.2) is 21.6 Å². The molecule has 0 saturated heterocycles. The number of methoxy groups -OCH3 is 1. The van der Waals surface area contributed by atoms with Crippen LogP contribution in [0.1, 0.15) is 27.2 Å². The van der Waals surface area contributed by atoms with Crippen molar-refractivity contribution in [3.8, 4) is 0 Å². The Morgan fingerprint density at radius 3 is 2.67 bits per heavy atom. The number of anilines is 1. The molecule has 0 aliphatic heterocycles. The van der Waals surface area contributed by atoms with Crippen molar-refractivity contribution >= 4 is 31.8 Å². The topological polar surface area (TPSA) is 80.3 Å². The van der Waals surface area contributed by atoms with Crippen LogP contribution in [-0.2, 0) is 14.8 Å². The van der Waals surface area contributed by atoms with Crippen molar-refractivity contribution < 1.29 is 13.2 Å². The summed E-state index contributed by atoms with van der Waals surface area (Å²) in [4.78, 5) is 4.27. The molecule has 2 N–H and O–H groups in total. The number of hydrogen-bond acceptors (Lipinski definition) is 5. The largest absolute Gasteiger partial charge is 0.383 e. The lowest BCUT2D eigenvalue weighted by Gasteiger charge is -2.25. The highest BCUT2D eigenvalue weighted by molar-refractivity contribution is 9.10. The maximum atomic E-state index is 12.6. The molecule has 0 atom stereocenters. The van der Waals surface area contributed by atoms with E-state index in [1.807, 2.05) is 6.92 Å². The summed E-state index contributed by atoms with van der Waals surface area (Å²) < 4.78 is 33.5. The molecule has 0 fully saturated rings. The number of sulfonamides is 1. The van der Waals surface area contributed by atoms with Crippen LogP contribution in [0.2, 0.25) is 0 Å². The quantitative estimate of drug-likeness (QED) is 0.724. The Balaban J connectivity index is 3.14. The second-order valence-corrected chi connectivity index (χ2v) is 7.92. The van der Waals surface area contributed by atoms with Crippen molar-refractivity contribution in [2.24, 2.45) is 0 Å². The molecule has 0 bridgehead atoms. The van der Waals surface area contributed by atoms with E-state index >= 15 is 0 Å². The van der Waals surface area contributed by atoms with Gasteiger partial charge in [0.15, 0.2) is 0 Å². The number of aromatic nitrogens is 1. The first-order valence-electron chi connectivity index (χ1n) is 6.64. The van der Waals surface area contributed by atoms with E-state index in [1.165, 1.54) is 13.2 Å². The molecular weight excluding hydrogens is 358 g/mol. The number of ether oxygens (including phenoxy) is 1. The maximum absolute atomic E-state index is 12.6. The molecular formula is C13H22BrN3O3S. The summed E-state index contributed by atoms with van der Waals surface area (Å²) in [6.07, 6.45) is 2.44. The lowest BCUT2D eigenvalue weighted by atomic mass is 10.1. The number of nitrogens with zero attached hydrogens (tertiary/aromatic N) is 1. The Kier molecular flexibility index (Phi) is 6.58. The van der Waals surface area contributed by atoms with E-state index in [9.17, 15) is 8.42 Å². The van der Waals surface area contributed by atoms with Gasteiger partial charge in [-0.25, -0.2) is 18.1 Å². The molecule has 0 spiro atoms. The van der Waals surface area contributed by atoms with Crippen molar-refractivity contribution in [2.45, 2.75) is 37.6 Å². The molecule has 6 nitrogen and oxygen atoms in total. The van der Waals surface area contributed by atoms with Gasteiger partial charge < -0.3 is 10.1 Å². The summed E-state index contributed by atoms with van der Waals surface area (Å²) in [5.74, 6) is 0.348. The van der Waals surface area contributed by atoms with Gasteiger partial charge in [-0.2, -0.15) is 0 Å². The Morgan fingerprint density at radius 2 is 2.10 bits per heavy atom. The number of nitrogens with one attached hydrogen (secondary N) is 2. The average Bonchev–Trinajstić information content (AvgIpc) is 2.35. The summed E-state index contributed by atoms with van der Waals surface area (Å²) in [6.45, 7) is 6.45. The molecule has 0 aliphatic rings. The third-order valence-electron chi connectivity index (χ3n) is 2.57. The van der Waals surface area contributed by atoms with E-state index in [-0.39, 0.29) is 11.5 Å². The Morgan fingerprint density at radius 1 is 1.43 bits per heavy atom. The van der Waals surface area contributed by atoms with Crippen LogP contribution >= 0.6 is 15.9 Å². The minimum Gasteiger partial charge on any atom is -0.383 e. The summed E-state index contributed by atoms with van der Waals surface area (Å²) >= 11 is 3.26. The molecule has 0 amide bonds. The third kappa shape index (κ3) is 5.54. The normalized spacial score (nSPS) is 12.4. The molecule has 1 aromatic rings. The van der Waals surface area contributed by atoms with E-state index in [1.54, 1.807) is 20.0 Å². The predicted molar refractivity (Wildman–Crippen MR) is 87.0 cm³/mol. The van der Waals surface area contributed by atoms with Gasteiger partial charge in [0.1, 0.15) is 10.7 Å². The Bertz CT molecular complexity index is 576. The van der Waals surface area contributed by atoms with Crippen LogP contribution in [0.4, 0.5) is 5.82 Å². The molecule has 120 valence electrons. The van der Waals surface area contributed by atoms with Gasteiger partial charge in [-0.3, -0.25) is 0 Å². The number of hydrogen-bond donors (Lipinski definition) is 2. The SMILES string of the molecule is CCCNc1ncc(Br)cc1S(=O)(=O)NC(C)(C)COC. The van der Waals surface area contributed by atoms with Crippen LogP contribution in [0, 0.1) is 0 Å². The molecule has 0 radical (unpaired) electrons. The first-order chi connectivity index (χ1) is 9.72. The summed E-state index contributed by atoms with van der Waals surface area (Å²) in [7, 11) is -2.18. The number of halogens is 1. The first kappa shape index (κ1) is 18.3. The second kappa shape index (κ2) is 7.53. The zero-order valence-corrected chi connectivity index (χ0v) is 15.1. The van der Waals surface area contributed by atoms with Crippen LogP contribution in [0.25, 0.3) is 0 Å². The molecule has 0 unspecified atom stereocenters. The average molecular weight is 380 g/mol. The summed E-state index contributed by atoms with van der Waals surface area (Å²) in [6, 6.07) is 1.54. The lowest BCUT2D eigenvalue weighted by Crippen LogP contribution is -2.46. The fourth-order valence-electron chi connectivity index (χ4n) is 1.81. The minimum absolute atomic E-state index is 0.120. The van der Waals surface area contributed by atoms with Crippen molar-refractivity contribution in [1.29, 1.82) is 0 Å². The second-order valence-electron chi connectivity index (χ2n) is 5.35. The number of pyridine rings is 1. The minimum atomic E-state index is -3.71. The van der Waals surface area contributed by atoms with E-state index in [4.69, 9.17) is 4.74 Å².